The van der Waals surface area contributed by atoms with Gasteiger partial charge in [-0.3, -0.25) is 0 Å². The highest BCUT2D eigenvalue weighted by atomic mass is 16.2. The van der Waals surface area contributed by atoms with Gasteiger partial charge in [0.2, 0.25) is 0 Å². The van der Waals surface area contributed by atoms with E-state index in [4.69, 9.17) is 0 Å². The van der Waals surface area contributed by atoms with Crippen LogP contribution in [-0.2, 0) is 11.8 Å². The lowest BCUT2D eigenvalue weighted by atomic mass is 9.89. The molecule has 2 heterocycles. The molecule has 0 saturated heterocycles. The van der Waals surface area contributed by atoms with Crippen molar-refractivity contribution in [2.45, 2.75) is 52.4 Å². The smallest absolute Gasteiger partial charge is 0.243 e. The van der Waals surface area contributed by atoms with Gasteiger partial charge in [-0.05, 0) is 12.8 Å². The molecule has 0 saturated carbocycles. The third-order valence-corrected chi connectivity index (χ3v) is 3.02. The lowest BCUT2D eigenvalue weighted by molar-refractivity contribution is 0.235. The van der Waals surface area contributed by atoms with Gasteiger partial charge in [0.05, 0.1) is 23.8 Å². The number of hydrogen-bond acceptors (Lipinski definition) is 5. The van der Waals surface area contributed by atoms with Crippen molar-refractivity contribution in [3.63, 3.8) is 0 Å². The van der Waals surface area contributed by atoms with E-state index in [1.54, 1.807) is 0 Å². The fourth-order valence-electron chi connectivity index (χ4n) is 2.12. The molecule has 0 aliphatic rings. The maximum absolute atomic E-state index is 12.4. The molecule has 0 radical (unpaired) electrons. The van der Waals surface area contributed by atoms with E-state index >= 15 is 0 Å². The molecule has 2 rings (SSSR count). The first-order valence-electron chi connectivity index (χ1n) is 6.81. The normalized spacial score (nSPS) is 11.8. The van der Waals surface area contributed by atoms with Gasteiger partial charge in [0.25, 0.3) is 0 Å². The average Bonchev–Trinajstić information content (AvgIpc) is 3.03. The Balaban J connectivity index is 2.43. The van der Waals surface area contributed by atoms with Crippen LogP contribution < -0.4 is 0 Å². The van der Waals surface area contributed by atoms with Crippen molar-refractivity contribution in [3.05, 3.63) is 23.8 Å². The van der Waals surface area contributed by atoms with Crippen molar-refractivity contribution >= 4 is 6.03 Å². The number of aromatic nitrogens is 6. The van der Waals surface area contributed by atoms with Crippen molar-refractivity contribution in [2.24, 2.45) is 0 Å². The first-order valence-corrected chi connectivity index (χ1v) is 6.81. The van der Waals surface area contributed by atoms with Crippen LogP contribution in [0.5, 0.6) is 0 Å². The molecule has 0 atom stereocenters. The van der Waals surface area contributed by atoms with Gasteiger partial charge >= 0.3 is 6.03 Å². The average molecular weight is 276 g/mol. The zero-order valence-electron chi connectivity index (χ0n) is 12.4. The Kier molecular flexibility index (Phi) is 3.96. The third kappa shape index (κ3) is 2.76. The van der Waals surface area contributed by atoms with Crippen LogP contribution in [0, 0.1) is 0 Å². The predicted octanol–water partition coefficient (Wildman–Crippen LogP) is 2.03. The molecule has 0 fully saturated rings. The molecule has 108 valence electrons. The summed E-state index contributed by atoms with van der Waals surface area (Å²) in [6, 6.07) is -0.359. The number of carbonyl (C=O) groups is 1. The summed E-state index contributed by atoms with van der Waals surface area (Å²) in [7, 11) is 0. The van der Waals surface area contributed by atoms with Crippen LogP contribution in [0.25, 0.3) is 0 Å². The van der Waals surface area contributed by atoms with Gasteiger partial charge in [-0.25, -0.2) is 4.79 Å². The molecule has 7 nitrogen and oxygen atoms in total. The van der Waals surface area contributed by atoms with Crippen molar-refractivity contribution in [1.82, 2.24) is 30.0 Å². The number of rotatable bonds is 3. The van der Waals surface area contributed by atoms with Crippen LogP contribution in [0.2, 0.25) is 0 Å². The van der Waals surface area contributed by atoms with E-state index in [9.17, 15) is 4.79 Å². The van der Waals surface area contributed by atoms with Gasteiger partial charge in [-0.15, -0.1) is 10.2 Å². The molecule has 0 spiro atoms. The quantitative estimate of drug-likeness (QED) is 0.857. The molecule has 0 amide bonds. The van der Waals surface area contributed by atoms with Crippen molar-refractivity contribution in [2.75, 3.05) is 0 Å². The minimum absolute atomic E-state index is 0.219. The summed E-state index contributed by atoms with van der Waals surface area (Å²) >= 11 is 0. The molecular formula is C13H20N6O. The first kappa shape index (κ1) is 14.4. The summed E-state index contributed by atoms with van der Waals surface area (Å²) in [6.07, 6.45) is 5.90. The van der Waals surface area contributed by atoms with E-state index in [0.29, 0.717) is 0 Å². The fraction of sp³-hybridized carbons (Fsp3) is 0.615. The van der Waals surface area contributed by atoms with Crippen LogP contribution in [-0.4, -0.2) is 36.0 Å². The second-order valence-electron chi connectivity index (χ2n) is 5.78. The summed E-state index contributed by atoms with van der Waals surface area (Å²) in [4.78, 5) is 12.4. The SMILES string of the molecule is CCCCc1nnn(C(=O)n2ccnn2)c1C(C)(C)C. The van der Waals surface area contributed by atoms with E-state index in [1.165, 1.54) is 17.1 Å². The lowest BCUT2D eigenvalue weighted by Gasteiger charge is -2.20. The summed E-state index contributed by atoms with van der Waals surface area (Å²) in [5.74, 6) is 0. The molecule has 0 unspecified atom stereocenters. The van der Waals surface area contributed by atoms with E-state index in [2.05, 4.69) is 27.5 Å². The zero-order chi connectivity index (χ0) is 14.8. The molecule has 2 aromatic rings. The number of aryl methyl sites for hydroxylation is 1. The summed E-state index contributed by atoms with van der Waals surface area (Å²) in [6.45, 7) is 8.27. The van der Waals surface area contributed by atoms with Gasteiger partial charge in [-0.2, -0.15) is 9.36 Å². The molecule has 0 bridgehead atoms. The molecule has 0 aliphatic carbocycles. The van der Waals surface area contributed by atoms with Crippen LogP contribution in [0.3, 0.4) is 0 Å². The van der Waals surface area contributed by atoms with E-state index in [-0.39, 0.29) is 11.4 Å². The standard InChI is InChI=1S/C13H20N6O/c1-5-6-7-10-11(13(2,3)4)19(17-15-10)12(20)18-9-8-14-16-18/h8-9H,5-7H2,1-4H3. The third-order valence-electron chi connectivity index (χ3n) is 3.02. The summed E-state index contributed by atoms with van der Waals surface area (Å²) in [5.41, 5.74) is 1.50. The number of carbonyl (C=O) groups excluding carboxylic acids is 1. The van der Waals surface area contributed by atoms with Crippen molar-refractivity contribution in [1.29, 1.82) is 0 Å². The second-order valence-corrected chi connectivity index (χ2v) is 5.78. The molecule has 0 aromatic carbocycles. The Bertz CT molecular complexity index is 579. The maximum atomic E-state index is 12.4. The van der Waals surface area contributed by atoms with Gasteiger partial charge < -0.3 is 0 Å². The minimum Gasteiger partial charge on any atom is -0.243 e. The topological polar surface area (TPSA) is 78.5 Å². The zero-order valence-corrected chi connectivity index (χ0v) is 12.4. The molecule has 20 heavy (non-hydrogen) atoms. The second kappa shape index (κ2) is 5.52. The highest BCUT2D eigenvalue weighted by Crippen LogP contribution is 2.25. The first-order chi connectivity index (χ1) is 9.45. The number of nitrogens with zero attached hydrogens (tertiary/aromatic N) is 6. The van der Waals surface area contributed by atoms with Crippen LogP contribution in [0.1, 0.15) is 51.9 Å². The highest BCUT2D eigenvalue weighted by molar-refractivity contribution is 5.78. The summed E-state index contributed by atoms with van der Waals surface area (Å²) < 4.78 is 2.49. The van der Waals surface area contributed by atoms with Crippen LogP contribution in [0.15, 0.2) is 12.4 Å². The molecule has 2 aromatic heterocycles. The lowest BCUT2D eigenvalue weighted by Crippen LogP contribution is -2.28. The molecule has 7 heteroatoms. The predicted molar refractivity (Wildman–Crippen MR) is 73.5 cm³/mol. The number of hydrogen-bond donors (Lipinski definition) is 0. The number of unbranched alkanes of at least 4 members (excludes halogenated alkanes) is 1. The molecular weight excluding hydrogens is 256 g/mol. The molecule has 0 N–H and O–H groups in total. The van der Waals surface area contributed by atoms with Gasteiger partial charge in [0.15, 0.2) is 0 Å². The highest BCUT2D eigenvalue weighted by Gasteiger charge is 2.28. The van der Waals surface area contributed by atoms with Crippen LogP contribution in [0.4, 0.5) is 4.79 Å². The monoisotopic (exact) mass is 276 g/mol. The fourth-order valence-corrected chi connectivity index (χ4v) is 2.12. The van der Waals surface area contributed by atoms with Gasteiger partial charge in [0.1, 0.15) is 0 Å². The Morgan fingerprint density at radius 2 is 2.05 bits per heavy atom. The van der Waals surface area contributed by atoms with E-state index in [1.807, 2.05) is 20.8 Å². The molecule has 0 aliphatic heterocycles. The summed E-state index contributed by atoms with van der Waals surface area (Å²) in [5, 5.41) is 15.6. The van der Waals surface area contributed by atoms with E-state index in [0.717, 1.165) is 35.3 Å². The Morgan fingerprint density at radius 3 is 2.60 bits per heavy atom. The van der Waals surface area contributed by atoms with Crippen molar-refractivity contribution in [3.8, 4) is 0 Å². The largest absolute Gasteiger partial charge is 0.372 e. The van der Waals surface area contributed by atoms with E-state index < -0.39 is 0 Å². The van der Waals surface area contributed by atoms with Crippen molar-refractivity contribution < 1.29 is 4.79 Å². The minimum atomic E-state index is -0.359. The van der Waals surface area contributed by atoms with Gasteiger partial charge in [0, 0.05) is 5.41 Å². The Hall–Kier alpha value is -2.05. The Morgan fingerprint density at radius 1 is 1.30 bits per heavy atom. The Labute approximate surface area is 118 Å². The van der Waals surface area contributed by atoms with Crippen LogP contribution >= 0.6 is 0 Å². The maximum Gasteiger partial charge on any atom is 0.372 e. The van der Waals surface area contributed by atoms with Gasteiger partial charge in [-0.1, -0.05) is 44.5 Å².